The predicted molar refractivity (Wildman–Crippen MR) is 97.2 cm³/mol. The fourth-order valence-electron chi connectivity index (χ4n) is 3.00. The van der Waals surface area contributed by atoms with Crippen molar-refractivity contribution in [3.63, 3.8) is 0 Å². The van der Waals surface area contributed by atoms with Crippen LogP contribution in [0.2, 0.25) is 0 Å². The smallest absolute Gasteiger partial charge is 0.272 e. The summed E-state index contributed by atoms with van der Waals surface area (Å²) in [4.78, 5) is 19.1. The first-order valence-electron chi connectivity index (χ1n) is 8.53. The van der Waals surface area contributed by atoms with Gasteiger partial charge in [-0.25, -0.2) is 0 Å². The molecule has 1 amide bonds. The normalized spacial score (nSPS) is 11.9. The van der Waals surface area contributed by atoms with Gasteiger partial charge in [0.1, 0.15) is 5.69 Å². The molecule has 128 valence electrons. The van der Waals surface area contributed by atoms with E-state index in [0.717, 1.165) is 17.5 Å². The zero-order valence-corrected chi connectivity index (χ0v) is 14.5. The summed E-state index contributed by atoms with van der Waals surface area (Å²) in [7, 11) is 0. The summed E-state index contributed by atoms with van der Waals surface area (Å²) < 4.78 is 0. The first-order chi connectivity index (χ1) is 12.2. The molecule has 1 unspecified atom stereocenters. The molecule has 3 rings (SSSR count). The van der Waals surface area contributed by atoms with E-state index in [-0.39, 0.29) is 11.9 Å². The Morgan fingerprint density at radius 1 is 1.08 bits per heavy atom. The monoisotopic (exact) mass is 334 g/mol. The minimum absolute atomic E-state index is 0.0755. The summed E-state index contributed by atoms with van der Waals surface area (Å²) in [5.74, 6) is -0.0755. The van der Waals surface area contributed by atoms with Gasteiger partial charge in [0.05, 0.1) is 6.04 Å². The number of nitrogens with zero attached hydrogens (tertiary/aromatic N) is 3. The van der Waals surface area contributed by atoms with Crippen LogP contribution in [-0.4, -0.2) is 32.5 Å². The number of pyridine rings is 1. The lowest BCUT2D eigenvalue weighted by molar-refractivity contribution is 0.0711. The Balaban J connectivity index is 2.04. The van der Waals surface area contributed by atoms with Gasteiger partial charge in [-0.05, 0) is 42.2 Å². The van der Waals surface area contributed by atoms with E-state index in [2.05, 4.69) is 46.4 Å². The molecule has 25 heavy (non-hydrogen) atoms. The maximum absolute atomic E-state index is 13.0. The van der Waals surface area contributed by atoms with Crippen molar-refractivity contribution in [3.8, 4) is 0 Å². The van der Waals surface area contributed by atoms with E-state index in [1.54, 1.807) is 18.5 Å². The third kappa shape index (κ3) is 3.60. The van der Waals surface area contributed by atoms with Gasteiger partial charge in [0.15, 0.2) is 0 Å². The molecule has 5 heteroatoms. The van der Waals surface area contributed by atoms with Crippen molar-refractivity contribution in [2.24, 2.45) is 0 Å². The van der Waals surface area contributed by atoms with Crippen molar-refractivity contribution in [1.82, 2.24) is 20.1 Å². The minimum Gasteiger partial charge on any atom is -0.326 e. The van der Waals surface area contributed by atoms with Gasteiger partial charge in [-0.2, -0.15) is 5.10 Å². The van der Waals surface area contributed by atoms with E-state index in [4.69, 9.17) is 0 Å². The highest BCUT2D eigenvalue weighted by atomic mass is 16.2. The second-order valence-electron chi connectivity index (χ2n) is 5.85. The number of carbonyl (C=O) groups is 1. The van der Waals surface area contributed by atoms with Crippen LogP contribution >= 0.6 is 0 Å². The molecule has 5 nitrogen and oxygen atoms in total. The van der Waals surface area contributed by atoms with E-state index in [1.165, 1.54) is 5.56 Å². The number of aryl methyl sites for hydroxylation is 1. The van der Waals surface area contributed by atoms with Gasteiger partial charge < -0.3 is 4.90 Å². The van der Waals surface area contributed by atoms with Crippen molar-refractivity contribution < 1.29 is 4.79 Å². The molecule has 0 saturated carbocycles. The SMILES string of the molecule is CCc1ccc(C(c2cccnc2)N(CC)C(=O)c2ccn[nH]2)cc1. The molecule has 1 N–H and O–H groups in total. The number of aromatic nitrogens is 3. The molecular weight excluding hydrogens is 312 g/mol. The molecule has 3 aromatic rings. The molecule has 0 aliphatic carbocycles. The number of aromatic amines is 1. The van der Waals surface area contributed by atoms with Crippen LogP contribution in [0.1, 0.15) is 47.1 Å². The van der Waals surface area contributed by atoms with Crippen molar-refractivity contribution in [1.29, 1.82) is 0 Å². The molecule has 0 saturated heterocycles. The Hall–Kier alpha value is -2.95. The summed E-state index contributed by atoms with van der Waals surface area (Å²) in [5.41, 5.74) is 3.82. The van der Waals surface area contributed by atoms with Crippen LogP contribution in [0.3, 0.4) is 0 Å². The summed E-state index contributed by atoms with van der Waals surface area (Å²) in [5, 5.41) is 6.67. The van der Waals surface area contributed by atoms with Crippen LogP contribution in [0.15, 0.2) is 61.1 Å². The lowest BCUT2D eigenvalue weighted by Gasteiger charge is -2.31. The number of nitrogens with one attached hydrogen (secondary N) is 1. The Morgan fingerprint density at radius 3 is 2.44 bits per heavy atom. The summed E-state index contributed by atoms with van der Waals surface area (Å²) in [6.45, 7) is 4.69. The molecule has 2 heterocycles. The highest BCUT2D eigenvalue weighted by Gasteiger charge is 2.27. The van der Waals surface area contributed by atoms with E-state index in [1.807, 2.05) is 30.2 Å². The Bertz CT molecular complexity index is 797. The fourth-order valence-corrected chi connectivity index (χ4v) is 3.00. The summed E-state index contributed by atoms with van der Waals surface area (Å²) in [6, 6.07) is 13.8. The molecule has 0 radical (unpaired) electrons. The summed E-state index contributed by atoms with van der Waals surface area (Å²) in [6.07, 6.45) is 6.15. The van der Waals surface area contributed by atoms with Crippen LogP contribution in [0, 0.1) is 0 Å². The Labute approximate surface area is 147 Å². The number of hydrogen-bond donors (Lipinski definition) is 1. The first kappa shape index (κ1) is 16.9. The van der Waals surface area contributed by atoms with Crippen molar-refractivity contribution in [3.05, 3.63) is 83.4 Å². The number of rotatable bonds is 6. The van der Waals surface area contributed by atoms with Crippen LogP contribution in [0.25, 0.3) is 0 Å². The molecule has 0 aliphatic rings. The molecule has 0 bridgehead atoms. The van der Waals surface area contributed by atoms with Crippen molar-refractivity contribution in [2.75, 3.05) is 6.54 Å². The number of carbonyl (C=O) groups excluding carboxylic acids is 1. The first-order valence-corrected chi connectivity index (χ1v) is 8.53. The van der Waals surface area contributed by atoms with Gasteiger partial charge in [-0.1, -0.05) is 37.3 Å². The fraction of sp³-hybridized carbons (Fsp3) is 0.250. The lowest BCUT2D eigenvalue weighted by Crippen LogP contribution is -2.35. The molecular formula is C20H22N4O. The van der Waals surface area contributed by atoms with E-state index >= 15 is 0 Å². The van der Waals surface area contributed by atoms with Crippen LogP contribution in [0.5, 0.6) is 0 Å². The highest BCUT2D eigenvalue weighted by molar-refractivity contribution is 5.92. The summed E-state index contributed by atoms with van der Waals surface area (Å²) >= 11 is 0. The maximum Gasteiger partial charge on any atom is 0.272 e. The van der Waals surface area contributed by atoms with E-state index in [9.17, 15) is 4.79 Å². The van der Waals surface area contributed by atoms with Crippen molar-refractivity contribution in [2.45, 2.75) is 26.3 Å². The van der Waals surface area contributed by atoms with Gasteiger partial charge in [0, 0.05) is 25.1 Å². The molecule has 0 spiro atoms. The standard InChI is InChI=1S/C20H22N4O/c1-3-15-7-9-16(10-8-15)19(17-6-5-12-21-14-17)24(4-2)20(25)18-11-13-22-23-18/h5-14,19H,3-4H2,1-2H3,(H,22,23). The third-order valence-electron chi connectivity index (χ3n) is 4.35. The largest absolute Gasteiger partial charge is 0.326 e. The highest BCUT2D eigenvalue weighted by Crippen LogP contribution is 2.29. The van der Waals surface area contributed by atoms with Gasteiger partial charge in [-0.3, -0.25) is 14.9 Å². The van der Waals surface area contributed by atoms with Gasteiger partial charge in [0.2, 0.25) is 0 Å². The molecule has 0 aliphatic heterocycles. The molecule has 0 fully saturated rings. The van der Waals surface area contributed by atoms with Crippen LogP contribution < -0.4 is 0 Å². The van der Waals surface area contributed by atoms with Gasteiger partial charge in [0.25, 0.3) is 5.91 Å². The second-order valence-corrected chi connectivity index (χ2v) is 5.85. The van der Waals surface area contributed by atoms with E-state index < -0.39 is 0 Å². The topological polar surface area (TPSA) is 61.9 Å². The zero-order chi connectivity index (χ0) is 17.6. The number of amides is 1. The third-order valence-corrected chi connectivity index (χ3v) is 4.35. The number of H-pyrrole nitrogens is 1. The number of hydrogen-bond acceptors (Lipinski definition) is 3. The second kappa shape index (κ2) is 7.75. The predicted octanol–water partition coefficient (Wildman–Crippen LogP) is 3.62. The van der Waals surface area contributed by atoms with Crippen LogP contribution in [0.4, 0.5) is 0 Å². The van der Waals surface area contributed by atoms with Gasteiger partial charge in [-0.15, -0.1) is 0 Å². The minimum atomic E-state index is -0.194. The lowest BCUT2D eigenvalue weighted by atomic mass is 9.96. The van der Waals surface area contributed by atoms with E-state index in [0.29, 0.717) is 12.2 Å². The molecule has 2 aromatic heterocycles. The average molecular weight is 334 g/mol. The van der Waals surface area contributed by atoms with Crippen molar-refractivity contribution >= 4 is 5.91 Å². The Kier molecular flexibility index (Phi) is 5.23. The number of benzene rings is 1. The van der Waals surface area contributed by atoms with Crippen LogP contribution in [-0.2, 0) is 6.42 Å². The average Bonchev–Trinajstić information content (AvgIpc) is 3.21. The quantitative estimate of drug-likeness (QED) is 0.749. The Morgan fingerprint density at radius 2 is 1.88 bits per heavy atom. The molecule has 1 atom stereocenters. The zero-order valence-electron chi connectivity index (χ0n) is 14.5. The van der Waals surface area contributed by atoms with Gasteiger partial charge >= 0.3 is 0 Å². The molecule has 1 aromatic carbocycles. The maximum atomic E-state index is 13.0.